The molecule has 23 heavy (non-hydrogen) atoms. The molecule has 0 saturated heterocycles. The van der Waals surface area contributed by atoms with Gasteiger partial charge < -0.3 is 10.4 Å². The van der Waals surface area contributed by atoms with E-state index < -0.39 is 4.92 Å². The average Bonchev–Trinajstić information content (AvgIpc) is 2.48. The molecular formula is C16H14Cl2N2O3. The van der Waals surface area contributed by atoms with Gasteiger partial charge in [0, 0.05) is 11.8 Å². The van der Waals surface area contributed by atoms with Crippen molar-refractivity contribution in [2.75, 3.05) is 5.32 Å². The molecule has 0 unspecified atom stereocenters. The van der Waals surface area contributed by atoms with E-state index in [4.69, 9.17) is 23.2 Å². The largest absolute Gasteiger partial charge is 0.393 e. The van der Waals surface area contributed by atoms with Crippen molar-refractivity contribution in [2.24, 2.45) is 0 Å². The number of anilines is 2. The lowest BCUT2D eigenvalue weighted by Crippen LogP contribution is -2.26. The molecule has 7 heteroatoms. The van der Waals surface area contributed by atoms with Crippen LogP contribution in [0.2, 0.25) is 10.0 Å². The van der Waals surface area contributed by atoms with Crippen LogP contribution in [0.5, 0.6) is 0 Å². The molecule has 1 aliphatic carbocycles. The summed E-state index contributed by atoms with van der Waals surface area (Å²) in [4.78, 5) is 10.6. The minimum atomic E-state index is -0.505. The van der Waals surface area contributed by atoms with Gasteiger partial charge in [0.05, 0.1) is 21.1 Å². The van der Waals surface area contributed by atoms with Gasteiger partial charge in [-0.05, 0) is 42.5 Å². The second kappa shape index (κ2) is 6.35. The van der Waals surface area contributed by atoms with Crippen molar-refractivity contribution in [3.8, 4) is 0 Å². The van der Waals surface area contributed by atoms with Gasteiger partial charge in [0.2, 0.25) is 0 Å². The van der Waals surface area contributed by atoms with Gasteiger partial charge in [0.15, 0.2) is 0 Å². The van der Waals surface area contributed by atoms with E-state index in [0.29, 0.717) is 5.92 Å². The highest BCUT2D eigenvalue weighted by molar-refractivity contribution is 6.42. The highest BCUT2D eigenvalue weighted by Gasteiger charge is 2.28. The van der Waals surface area contributed by atoms with Crippen LogP contribution < -0.4 is 5.32 Å². The molecular weight excluding hydrogens is 339 g/mol. The number of halogens is 2. The Bertz CT molecular complexity index is 744. The summed E-state index contributed by atoms with van der Waals surface area (Å²) in [7, 11) is 0. The molecule has 0 atom stereocenters. The van der Waals surface area contributed by atoms with Crippen molar-refractivity contribution < 1.29 is 10.0 Å². The van der Waals surface area contributed by atoms with Gasteiger partial charge in [-0.1, -0.05) is 35.3 Å². The lowest BCUT2D eigenvalue weighted by atomic mass is 9.78. The fourth-order valence-corrected chi connectivity index (χ4v) is 2.96. The zero-order valence-corrected chi connectivity index (χ0v) is 13.5. The maximum absolute atomic E-state index is 11.1. The Kier molecular flexibility index (Phi) is 4.43. The summed E-state index contributed by atoms with van der Waals surface area (Å²) in [5.74, 6) is 0.387. The van der Waals surface area contributed by atoms with E-state index in [2.05, 4.69) is 5.32 Å². The number of nitro benzene ring substituents is 1. The van der Waals surface area contributed by atoms with Crippen LogP contribution in [0, 0.1) is 10.1 Å². The quantitative estimate of drug-likeness (QED) is 0.607. The molecule has 2 N–H and O–H groups in total. The Morgan fingerprint density at radius 2 is 1.74 bits per heavy atom. The maximum Gasteiger partial charge on any atom is 0.294 e. The number of nitrogens with zero attached hydrogens (tertiary/aromatic N) is 1. The lowest BCUT2D eigenvalue weighted by molar-refractivity contribution is -0.383. The van der Waals surface area contributed by atoms with E-state index in [1.165, 1.54) is 12.1 Å². The molecule has 2 aromatic rings. The second-order valence-electron chi connectivity index (χ2n) is 5.61. The predicted molar refractivity (Wildman–Crippen MR) is 90.8 cm³/mol. The highest BCUT2D eigenvalue weighted by Crippen LogP contribution is 2.38. The summed E-state index contributed by atoms with van der Waals surface area (Å²) < 4.78 is 0. The number of nitrogens with one attached hydrogen (secondary N) is 1. The Labute approximate surface area is 143 Å². The first-order chi connectivity index (χ1) is 10.9. The van der Waals surface area contributed by atoms with Crippen LogP contribution in [0.15, 0.2) is 36.4 Å². The minimum Gasteiger partial charge on any atom is -0.393 e. The number of hydrogen-bond donors (Lipinski definition) is 2. The van der Waals surface area contributed by atoms with Crippen LogP contribution in [-0.2, 0) is 0 Å². The van der Waals surface area contributed by atoms with E-state index in [9.17, 15) is 15.2 Å². The van der Waals surface area contributed by atoms with Crippen LogP contribution in [0.25, 0.3) is 0 Å². The molecule has 0 heterocycles. The van der Waals surface area contributed by atoms with Gasteiger partial charge in [-0.2, -0.15) is 0 Å². The zero-order valence-electron chi connectivity index (χ0n) is 12.0. The van der Waals surface area contributed by atoms with Crippen LogP contribution in [0.1, 0.15) is 24.3 Å². The molecule has 5 nitrogen and oxygen atoms in total. The van der Waals surface area contributed by atoms with Gasteiger partial charge in [-0.3, -0.25) is 10.1 Å². The summed E-state index contributed by atoms with van der Waals surface area (Å²) in [6.07, 6.45) is 1.37. The molecule has 0 amide bonds. The van der Waals surface area contributed by atoms with Gasteiger partial charge in [-0.15, -0.1) is 0 Å². The molecule has 2 aromatic carbocycles. The van der Waals surface area contributed by atoms with Crippen LogP contribution in [0.4, 0.5) is 17.1 Å². The van der Waals surface area contributed by atoms with Crippen LogP contribution in [0.3, 0.4) is 0 Å². The van der Waals surface area contributed by atoms with Crippen LogP contribution >= 0.6 is 23.2 Å². The van der Waals surface area contributed by atoms with E-state index in [-0.39, 0.29) is 27.5 Å². The first-order valence-corrected chi connectivity index (χ1v) is 7.88. The molecule has 0 aliphatic heterocycles. The third-order valence-corrected chi connectivity index (χ3v) is 4.73. The van der Waals surface area contributed by atoms with Gasteiger partial charge in [0.1, 0.15) is 5.69 Å². The van der Waals surface area contributed by atoms with E-state index in [1.54, 1.807) is 0 Å². The topological polar surface area (TPSA) is 75.4 Å². The minimum absolute atomic E-state index is 0.134. The highest BCUT2D eigenvalue weighted by atomic mass is 35.5. The number of hydrogen-bond acceptors (Lipinski definition) is 4. The smallest absolute Gasteiger partial charge is 0.294 e. The number of aliphatic hydroxyl groups excluding tert-OH is 1. The molecule has 0 radical (unpaired) electrons. The number of benzene rings is 2. The van der Waals surface area contributed by atoms with Gasteiger partial charge in [-0.25, -0.2) is 0 Å². The lowest BCUT2D eigenvalue weighted by Gasteiger charge is -2.31. The van der Waals surface area contributed by atoms with Crippen molar-refractivity contribution >= 4 is 40.3 Å². The first-order valence-electron chi connectivity index (χ1n) is 7.12. The predicted octanol–water partition coefficient (Wildman–Crippen LogP) is 4.88. The molecule has 0 aromatic heterocycles. The molecule has 1 saturated carbocycles. The van der Waals surface area contributed by atoms with Crippen LogP contribution in [-0.4, -0.2) is 16.1 Å². The van der Waals surface area contributed by atoms with Crippen molar-refractivity contribution in [3.05, 3.63) is 62.1 Å². The summed E-state index contributed by atoms with van der Waals surface area (Å²) in [6, 6.07) is 10.3. The molecule has 3 rings (SSSR count). The van der Waals surface area contributed by atoms with Crippen molar-refractivity contribution in [2.45, 2.75) is 24.9 Å². The zero-order chi connectivity index (χ0) is 16.6. The third-order valence-electron chi connectivity index (χ3n) is 4.01. The Morgan fingerprint density at radius 1 is 1.13 bits per heavy atom. The Balaban J connectivity index is 1.81. The second-order valence-corrected chi connectivity index (χ2v) is 6.42. The van der Waals surface area contributed by atoms with Crippen molar-refractivity contribution in [3.63, 3.8) is 0 Å². The third kappa shape index (κ3) is 3.42. The Morgan fingerprint density at radius 3 is 2.30 bits per heavy atom. The monoisotopic (exact) mass is 352 g/mol. The van der Waals surface area contributed by atoms with E-state index >= 15 is 0 Å². The number of nitro groups is 1. The number of aliphatic hydroxyl groups is 1. The molecule has 120 valence electrons. The standard InChI is InChI=1S/C16H14Cl2N2O3/c17-13-7-15(16(20(22)23)8-14(13)18)19-11-3-1-9(2-4-11)10-5-12(21)6-10/h1-4,7-8,10,12,19,21H,5-6H2. The first kappa shape index (κ1) is 16.1. The average molecular weight is 353 g/mol. The number of rotatable bonds is 4. The van der Waals surface area contributed by atoms with Crippen molar-refractivity contribution in [1.29, 1.82) is 0 Å². The summed E-state index contributed by atoms with van der Waals surface area (Å²) in [6.45, 7) is 0. The fourth-order valence-electron chi connectivity index (χ4n) is 2.64. The van der Waals surface area contributed by atoms with Crippen molar-refractivity contribution in [1.82, 2.24) is 0 Å². The molecule has 1 fully saturated rings. The maximum atomic E-state index is 11.1. The SMILES string of the molecule is O=[N+]([O-])c1cc(Cl)c(Cl)cc1Nc1ccc(C2CC(O)C2)cc1. The normalized spacial score (nSPS) is 20.0. The van der Waals surface area contributed by atoms with E-state index in [0.717, 1.165) is 24.1 Å². The summed E-state index contributed by atoms with van der Waals surface area (Å²) >= 11 is 11.8. The summed E-state index contributed by atoms with van der Waals surface area (Å²) in [5, 5.41) is 23.9. The molecule has 0 spiro atoms. The summed E-state index contributed by atoms with van der Waals surface area (Å²) in [5.41, 5.74) is 2.03. The van der Waals surface area contributed by atoms with Gasteiger partial charge in [0.25, 0.3) is 5.69 Å². The molecule has 0 bridgehead atoms. The fraction of sp³-hybridized carbons (Fsp3) is 0.250. The van der Waals surface area contributed by atoms with E-state index in [1.807, 2.05) is 24.3 Å². The Hall–Kier alpha value is -1.82. The van der Waals surface area contributed by atoms with Gasteiger partial charge >= 0.3 is 0 Å². The molecule has 1 aliphatic rings.